The smallest absolute Gasteiger partial charge is 0.0994 e. The van der Waals surface area contributed by atoms with Gasteiger partial charge in [0.05, 0.1) is 11.6 Å². The highest BCUT2D eigenvalue weighted by atomic mass is 35.5. The van der Waals surface area contributed by atoms with Gasteiger partial charge in [-0.2, -0.15) is 5.26 Å². The molecule has 14 heavy (non-hydrogen) atoms. The zero-order valence-electron chi connectivity index (χ0n) is 8.55. The van der Waals surface area contributed by atoms with Crippen molar-refractivity contribution in [1.29, 1.82) is 5.26 Å². The summed E-state index contributed by atoms with van der Waals surface area (Å²) in [6.45, 7) is 4.34. The highest BCUT2D eigenvalue weighted by Gasteiger charge is 2.06. The van der Waals surface area contributed by atoms with Crippen LogP contribution in [-0.2, 0) is 6.42 Å². The molecule has 0 fully saturated rings. The largest absolute Gasteiger partial charge is 0.192 e. The predicted octanol–water partition coefficient (Wildman–Crippen LogP) is 3.80. The molecule has 0 amide bonds. The summed E-state index contributed by atoms with van der Waals surface area (Å²) in [6, 6.07) is 7.64. The van der Waals surface area contributed by atoms with Crippen LogP contribution < -0.4 is 0 Å². The van der Waals surface area contributed by atoms with Gasteiger partial charge in [0.15, 0.2) is 0 Å². The Labute approximate surface area is 90.3 Å². The number of halogens is 1. The molecule has 0 aliphatic heterocycles. The summed E-state index contributed by atoms with van der Waals surface area (Å²) >= 11 is 5.89. The SMILES string of the molecule is CCC(C)Cc1cc(Cl)ccc1C#N. The summed E-state index contributed by atoms with van der Waals surface area (Å²) in [4.78, 5) is 0. The lowest BCUT2D eigenvalue weighted by atomic mass is 9.96. The maximum absolute atomic E-state index is 8.90. The maximum atomic E-state index is 8.90. The average molecular weight is 208 g/mol. The van der Waals surface area contributed by atoms with Gasteiger partial charge in [0.2, 0.25) is 0 Å². The summed E-state index contributed by atoms with van der Waals surface area (Å²) in [6.07, 6.45) is 2.05. The summed E-state index contributed by atoms with van der Waals surface area (Å²) in [5.74, 6) is 0.598. The number of rotatable bonds is 3. The average Bonchev–Trinajstić information content (AvgIpc) is 2.18. The minimum absolute atomic E-state index is 0.598. The lowest BCUT2D eigenvalue weighted by molar-refractivity contribution is 0.559. The van der Waals surface area contributed by atoms with Gasteiger partial charge in [0.25, 0.3) is 0 Å². The number of benzene rings is 1. The zero-order valence-corrected chi connectivity index (χ0v) is 9.30. The van der Waals surface area contributed by atoms with Crippen LogP contribution in [0.4, 0.5) is 0 Å². The van der Waals surface area contributed by atoms with E-state index in [4.69, 9.17) is 16.9 Å². The zero-order chi connectivity index (χ0) is 10.6. The first-order valence-electron chi connectivity index (χ1n) is 4.86. The summed E-state index contributed by atoms with van der Waals surface area (Å²) in [5.41, 5.74) is 1.81. The minimum atomic E-state index is 0.598. The summed E-state index contributed by atoms with van der Waals surface area (Å²) < 4.78 is 0. The van der Waals surface area contributed by atoms with Crippen LogP contribution in [0.25, 0.3) is 0 Å². The monoisotopic (exact) mass is 207 g/mol. The Morgan fingerprint density at radius 3 is 2.79 bits per heavy atom. The maximum Gasteiger partial charge on any atom is 0.0994 e. The second-order valence-corrected chi connectivity index (χ2v) is 4.07. The molecule has 0 N–H and O–H groups in total. The van der Waals surface area contributed by atoms with E-state index in [1.807, 2.05) is 6.07 Å². The molecular formula is C12H14ClN. The molecule has 0 radical (unpaired) electrons. The van der Waals surface area contributed by atoms with E-state index in [1.165, 1.54) is 0 Å². The number of hydrogen-bond acceptors (Lipinski definition) is 1. The Morgan fingerprint density at radius 2 is 2.21 bits per heavy atom. The normalized spacial score (nSPS) is 12.1. The van der Waals surface area contributed by atoms with Crippen molar-refractivity contribution in [3.05, 3.63) is 34.3 Å². The van der Waals surface area contributed by atoms with E-state index in [-0.39, 0.29) is 0 Å². The molecule has 0 heterocycles. The Morgan fingerprint density at radius 1 is 1.50 bits per heavy atom. The molecule has 74 valence electrons. The molecule has 1 nitrogen and oxygen atoms in total. The molecule has 0 spiro atoms. The van der Waals surface area contributed by atoms with E-state index in [0.717, 1.165) is 24.0 Å². The van der Waals surface area contributed by atoms with Crippen LogP contribution in [0.3, 0.4) is 0 Å². The molecule has 1 rings (SSSR count). The predicted molar refractivity (Wildman–Crippen MR) is 59.3 cm³/mol. The van der Waals surface area contributed by atoms with Crippen molar-refractivity contribution >= 4 is 11.6 Å². The molecule has 0 saturated carbocycles. The molecule has 0 aliphatic carbocycles. The van der Waals surface area contributed by atoms with Crippen molar-refractivity contribution in [2.75, 3.05) is 0 Å². The highest BCUT2D eigenvalue weighted by Crippen LogP contribution is 2.19. The fourth-order valence-corrected chi connectivity index (χ4v) is 1.55. The Kier molecular flexibility index (Phi) is 3.98. The van der Waals surface area contributed by atoms with E-state index in [9.17, 15) is 0 Å². The first kappa shape index (κ1) is 11.1. The fourth-order valence-electron chi connectivity index (χ4n) is 1.36. The third-order valence-corrected chi connectivity index (χ3v) is 2.69. The van der Waals surface area contributed by atoms with E-state index in [1.54, 1.807) is 12.1 Å². The van der Waals surface area contributed by atoms with Crippen LogP contribution in [0.1, 0.15) is 31.4 Å². The van der Waals surface area contributed by atoms with Crippen molar-refractivity contribution in [1.82, 2.24) is 0 Å². The Hall–Kier alpha value is -1.00. The minimum Gasteiger partial charge on any atom is -0.192 e. The second kappa shape index (κ2) is 5.02. The number of nitrogens with zero attached hydrogens (tertiary/aromatic N) is 1. The molecule has 0 bridgehead atoms. The van der Waals surface area contributed by atoms with Gasteiger partial charge in [-0.05, 0) is 36.1 Å². The van der Waals surface area contributed by atoms with Crippen molar-refractivity contribution < 1.29 is 0 Å². The van der Waals surface area contributed by atoms with Gasteiger partial charge < -0.3 is 0 Å². The van der Waals surface area contributed by atoms with E-state index >= 15 is 0 Å². The standard InChI is InChI=1S/C12H14ClN/c1-3-9(2)6-11-7-12(13)5-4-10(11)8-14/h4-5,7,9H,3,6H2,1-2H3. The van der Waals surface area contributed by atoms with Crippen LogP contribution in [0.5, 0.6) is 0 Å². The van der Waals surface area contributed by atoms with Crippen molar-refractivity contribution in [3.8, 4) is 6.07 Å². The third kappa shape index (κ3) is 2.75. The van der Waals surface area contributed by atoms with Crippen LogP contribution in [0.2, 0.25) is 5.02 Å². The summed E-state index contributed by atoms with van der Waals surface area (Å²) in [5, 5.41) is 9.61. The Balaban J connectivity index is 2.94. The first-order valence-corrected chi connectivity index (χ1v) is 5.23. The quantitative estimate of drug-likeness (QED) is 0.740. The van der Waals surface area contributed by atoms with Gasteiger partial charge in [-0.15, -0.1) is 0 Å². The van der Waals surface area contributed by atoms with Crippen molar-refractivity contribution in [3.63, 3.8) is 0 Å². The summed E-state index contributed by atoms with van der Waals surface area (Å²) in [7, 11) is 0. The lowest BCUT2D eigenvalue weighted by Crippen LogP contribution is -2.00. The molecule has 0 saturated heterocycles. The van der Waals surface area contributed by atoms with Crippen LogP contribution in [-0.4, -0.2) is 0 Å². The molecule has 1 aromatic carbocycles. The van der Waals surface area contributed by atoms with E-state index in [2.05, 4.69) is 19.9 Å². The number of hydrogen-bond donors (Lipinski definition) is 0. The van der Waals surface area contributed by atoms with Crippen molar-refractivity contribution in [2.24, 2.45) is 5.92 Å². The Bertz CT molecular complexity index is 352. The van der Waals surface area contributed by atoms with Gasteiger partial charge in [0, 0.05) is 5.02 Å². The topological polar surface area (TPSA) is 23.8 Å². The molecule has 1 aromatic rings. The van der Waals surface area contributed by atoms with Gasteiger partial charge in [-0.1, -0.05) is 31.9 Å². The lowest BCUT2D eigenvalue weighted by Gasteiger charge is -2.09. The second-order valence-electron chi connectivity index (χ2n) is 3.63. The fraction of sp³-hybridized carbons (Fsp3) is 0.417. The van der Waals surface area contributed by atoms with Crippen molar-refractivity contribution in [2.45, 2.75) is 26.7 Å². The van der Waals surface area contributed by atoms with Gasteiger partial charge in [-0.25, -0.2) is 0 Å². The molecule has 2 heteroatoms. The van der Waals surface area contributed by atoms with Gasteiger partial charge in [0.1, 0.15) is 0 Å². The molecular weight excluding hydrogens is 194 g/mol. The third-order valence-electron chi connectivity index (χ3n) is 2.45. The molecule has 1 atom stereocenters. The molecule has 1 unspecified atom stereocenters. The van der Waals surface area contributed by atoms with Gasteiger partial charge >= 0.3 is 0 Å². The first-order chi connectivity index (χ1) is 6.67. The molecule has 0 aromatic heterocycles. The van der Waals surface area contributed by atoms with Crippen LogP contribution >= 0.6 is 11.6 Å². The van der Waals surface area contributed by atoms with Crippen LogP contribution in [0.15, 0.2) is 18.2 Å². The van der Waals surface area contributed by atoms with E-state index in [0.29, 0.717) is 10.9 Å². The van der Waals surface area contributed by atoms with Crippen LogP contribution in [0, 0.1) is 17.2 Å². The highest BCUT2D eigenvalue weighted by molar-refractivity contribution is 6.30. The number of nitriles is 1. The molecule has 0 aliphatic rings. The van der Waals surface area contributed by atoms with Gasteiger partial charge in [-0.3, -0.25) is 0 Å². The van der Waals surface area contributed by atoms with E-state index < -0.39 is 0 Å².